The maximum atomic E-state index is 15.0. The van der Waals surface area contributed by atoms with Crippen LogP contribution in [0, 0.1) is 0 Å². The van der Waals surface area contributed by atoms with Crippen LogP contribution in [0.1, 0.15) is 25.0 Å². The smallest absolute Gasteiger partial charge is 0.438 e. The number of rotatable bonds is 6. The Morgan fingerprint density at radius 2 is 1.35 bits per heavy atom. The molecule has 0 bridgehead atoms. The summed E-state index contributed by atoms with van der Waals surface area (Å²) in [5.74, 6) is 0. The van der Waals surface area contributed by atoms with Gasteiger partial charge in [-0.05, 0) is 25.0 Å². The summed E-state index contributed by atoms with van der Waals surface area (Å²) in [4.78, 5) is 11.6. The van der Waals surface area contributed by atoms with Crippen LogP contribution < -0.4 is 10.6 Å². The molecule has 0 aliphatic rings. The topological polar surface area (TPSA) is 52.6 Å². The van der Waals surface area contributed by atoms with Crippen LogP contribution >= 0.6 is 7.14 Å². The quantitative estimate of drug-likeness (QED) is 0.277. The molecule has 0 aromatic heterocycles. The minimum atomic E-state index is -3.28. The highest BCUT2D eigenvalue weighted by molar-refractivity contribution is 7.87. The number of hydrogen-bond acceptors (Lipinski definition) is 4. The Hall–Kier alpha value is -3.32. The van der Waals surface area contributed by atoms with Gasteiger partial charge in [0.05, 0.1) is 12.4 Å². The highest BCUT2D eigenvalue weighted by atomic mass is 31.2. The van der Waals surface area contributed by atoms with E-state index < -0.39 is 13.3 Å². The van der Waals surface area contributed by atoms with E-state index in [-0.39, 0.29) is 6.61 Å². The zero-order valence-electron chi connectivity index (χ0n) is 17.9. The second-order valence-electron chi connectivity index (χ2n) is 7.15. The van der Waals surface area contributed by atoms with E-state index in [1.54, 1.807) is 0 Å². The van der Waals surface area contributed by atoms with Crippen molar-refractivity contribution in [1.82, 2.24) is 0 Å². The second kappa shape index (κ2) is 10.1. The fourth-order valence-corrected chi connectivity index (χ4v) is 6.25. The van der Waals surface area contributed by atoms with Crippen molar-refractivity contribution in [3.63, 3.8) is 0 Å². The van der Waals surface area contributed by atoms with Gasteiger partial charge in [-0.25, -0.2) is 4.79 Å². The van der Waals surface area contributed by atoms with Gasteiger partial charge >= 0.3 is 6.16 Å². The molecular weight excluding hydrogens is 407 g/mol. The lowest BCUT2D eigenvalue weighted by atomic mass is 10.1. The molecule has 0 atom stereocenters. The van der Waals surface area contributed by atoms with E-state index in [4.69, 9.17) is 4.74 Å². The highest BCUT2D eigenvalue weighted by Crippen LogP contribution is 2.56. The number of allylic oxidation sites excluding steroid dienone is 1. The predicted molar refractivity (Wildman–Crippen MR) is 125 cm³/mol. The summed E-state index contributed by atoms with van der Waals surface area (Å²) in [6.45, 7) is 3.85. The fraction of sp³-hybridized carbons (Fsp3) is 0.154. The lowest BCUT2D eigenvalue weighted by molar-refractivity contribution is 0.0668. The molecule has 3 rings (SSSR count). The Bertz CT molecular complexity index is 1110. The third-order valence-corrected chi connectivity index (χ3v) is 7.74. The van der Waals surface area contributed by atoms with E-state index in [0.29, 0.717) is 15.9 Å². The van der Waals surface area contributed by atoms with Crippen LogP contribution in [-0.2, 0) is 20.6 Å². The second-order valence-corrected chi connectivity index (χ2v) is 9.85. The van der Waals surface area contributed by atoms with Crippen LogP contribution in [0.4, 0.5) is 4.79 Å². The van der Waals surface area contributed by atoms with Crippen molar-refractivity contribution < 1.29 is 18.8 Å². The molecule has 0 radical (unpaired) electrons. The molecule has 4 nitrogen and oxygen atoms in total. The van der Waals surface area contributed by atoms with Crippen LogP contribution in [0.3, 0.4) is 0 Å². The number of carbonyl (C=O) groups excluding carboxylic acids is 1. The van der Waals surface area contributed by atoms with Gasteiger partial charge < -0.3 is 14.0 Å². The van der Waals surface area contributed by atoms with Gasteiger partial charge in [0, 0.05) is 16.2 Å². The molecular formula is C26H25O4P. The summed E-state index contributed by atoms with van der Waals surface area (Å²) in [6, 6.07) is 26.4. The number of benzene rings is 3. The van der Waals surface area contributed by atoms with Gasteiger partial charge in [-0.2, -0.15) is 0 Å². The Balaban J connectivity index is 2.29. The monoisotopic (exact) mass is 432 g/mol. The minimum absolute atomic E-state index is 0.000365. The number of carbonyl (C=O) groups is 1. The normalized spacial score (nSPS) is 10.7. The van der Waals surface area contributed by atoms with E-state index in [1.165, 1.54) is 7.11 Å². The average molecular weight is 432 g/mol. The molecule has 158 valence electrons. The first-order valence-electron chi connectivity index (χ1n) is 9.91. The van der Waals surface area contributed by atoms with Crippen LogP contribution in [0.5, 0.6) is 0 Å². The standard InChI is InChI=1S/C26H25O4P/c1-20(2)18-25(24-17-11-10-12-21(24)19-30-26(27)29-3)31(28,22-13-6-4-7-14-22)23-15-8-5-9-16-23/h4-17H,19H2,1-3H3. The van der Waals surface area contributed by atoms with Crippen LogP contribution in [0.15, 0.2) is 96.2 Å². The molecule has 0 aliphatic carbocycles. The number of methoxy groups -OCH3 is 1. The number of hydrogen-bond donors (Lipinski definition) is 0. The Kier molecular flexibility index (Phi) is 7.31. The first-order chi connectivity index (χ1) is 15.0. The van der Waals surface area contributed by atoms with Gasteiger partial charge in [-0.15, -0.1) is 5.73 Å². The van der Waals surface area contributed by atoms with E-state index in [9.17, 15) is 9.36 Å². The summed E-state index contributed by atoms with van der Waals surface area (Å²) >= 11 is 0. The van der Waals surface area contributed by atoms with Gasteiger partial charge in [-0.3, -0.25) is 0 Å². The van der Waals surface area contributed by atoms with Crippen molar-refractivity contribution in [3.8, 4) is 0 Å². The van der Waals surface area contributed by atoms with Crippen LogP contribution in [0.25, 0.3) is 5.31 Å². The predicted octanol–water partition coefficient (Wildman–Crippen LogP) is 5.89. The summed E-state index contributed by atoms with van der Waals surface area (Å²) in [7, 11) is -2.01. The molecule has 31 heavy (non-hydrogen) atoms. The van der Waals surface area contributed by atoms with Crippen molar-refractivity contribution in [3.05, 3.63) is 107 Å². The zero-order chi connectivity index (χ0) is 22.3. The van der Waals surface area contributed by atoms with E-state index in [1.807, 2.05) is 98.8 Å². The maximum Gasteiger partial charge on any atom is 0.508 e. The summed E-state index contributed by atoms with van der Waals surface area (Å²) in [6.07, 6.45) is -0.767. The summed E-state index contributed by atoms with van der Waals surface area (Å²) in [5.41, 5.74) is 5.72. The average Bonchev–Trinajstić information content (AvgIpc) is 2.81. The molecule has 0 amide bonds. The lowest BCUT2D eigenvalue weighted by Gasteiger charge is -2.23. The molecule has 5 heteroatoms. The molecule has 0 spiro atoms. The van der Waals surface area contributed by atoms with Crippen molar-refractivity contribution in [2.24, 2.45) is 0 Å². The number of ether oxygens (including phenoxy) is 2. The maximum absolute atomic E-state index is 15.0. The van der Waals surface area contributed by atoms with Crippen molar-refractivity contribution in [1.29, 1.82) is 0 Å². The zero-order valence-corrected chi connectivity index (χ0v) is 18.8. The van der Waals surface area contributed by atoms with Crippen molar-refractivity contribution in [2.75, 3.05) is 7.11 Å². The van der Waals surface area contributed by atoms with Gasteiger partial charge in [0.15, 0.2) is 7.14 Å². The third kappa shape index (κ3) is 5.06. The lowest BCUT2D eigenvalue weighted by Crippen LogP contribution is -2.17. The first kappa shape index (κ1) is 22.4. The largest absolute Gasteiger partial charge is 0.508 e. The highest BCUT2D eigenvalue weighted by Gasteiger charge is 2.34. The van der Waals surface area contributed by atoms with Gasteiger partial charge in [-0.1, -0.05) is 84.9 Å². The third-order valence-electron chi connectivity index (χ3n) is 4.71. The molecule has 3 aromatic rings. The summed E-state index contributed by atoms with van der Waals surface area (Å²) in [5, 5.41) is 2.01. The Morgan fingerprint density at radius 3 is 1.87 bits per heavy atom. The molecule has 0 saturated heterocycles. The molecule has 0 fully saturated rings. The fourth-order valence-electron chi connectivity index (χ4n) is 3.31. The summed E-state index contributed by atoms with van der Waals surface area (Å²) < 4.78 is 24.8. The molecule has 0 aliphatic heterocycles. The Labute approximate surface area is 183 Å². The van der Waals surface area contributed by atoms with E-state index >= 15 is 0 Å². The van der Waals surface area contributed by atoms with Gasteiger partial charge in [0.2, 0.25) is 0 Å². The van der Waals surface area contributed by atoms with E-state index in [0.717, 1.165) is 16.7 Å². The SMILES string of the molecule is COC(=O)OCc1ccccc1C(=C=C(C)C)P(=O)(c1ccccc1)c1ccccc1. The molecule has 0 N–H and O–H groups in total. The first-order valence-corrected chi connectivity index (χ1v) is 11.6. The Morgan fingerprint density at radius 1 is 0.839 bits per heavy atom. The molecule has 0 heterocycles. The van der Waals surface area contributed by atoms with Crippen LogP contribution in [0.2, 0.25) is 0 Å². The van der Waals surface area contributed by atoms with E-state index in [2.05, 4.69) is 10.5 Å². The molecule has 0 saturated carbocycles. The van der Waals surface area contributed by atoms with Crippen molar-refractivity contribution in [2.45, 2.75) is 20.5 Å². The molecule has 3 aromatic carbocycles. The minimum Gasteiger partial charge on any atom is -0.438 e. The van der Waals surface area contributed by atoms with Gasteiger partial charge in [0.1, 0.15) is 6.61 Å². The molecule has 0 unspecified atom stereocenters. The van der Waals surface area contributed by atoms with Gasteiger partial charge in [0.25, 0.3) is 0 Å². The van der Waals surface area contributed by atoms with Crippen molar-refractivity contribution >= 4 is 29.2 Å². The van der Waals surface area contributed by atoms with Crippen LogP contribution in [-0.4, -0.2) is 13.3 Å².